The van der Waals surface area contributed by atoms with Gasteiger partial charge in [0.2, 0.25) is 0 Å². The van der Waals surface area contributed by atoms with Crippen LogP contribution in [0.2, 0.25) is 0 Å². The molecule has 0 saturated carbocycles. The van der Waals surface area contributed by atoms with Crippen molar-refractivity contribution >= 4 is 23.3 Å². The van der Waals surface area contributed by atoms with E-state index in [9.17, 15) is 9.59 Å². The largest absolute Gasteiger partial charge is 0.346 e. The van der Waals surface area contributed by atoms with Gasteiger partial charge in [-0.25, -0.2) is 9.78 Å². The number of carbonyl (C=O) groups excluding carboxylic acids is 2. The first-order chi connectivity index (χ1) is 9.51. The summed E-state index contributed by atoms with van der Waals surface area (Å²) in [5.74, 6) is -0.184. The fourth-order valence-electron chi connectivity index (χ4n) is 2.08. The number of aryl methyl sites for hydroxylation is 1. The SMILES string of the molecule is CCc1csc(CNC(=O)C2=C(C)NC(=O)NC2C)n1. The number of urea groups is 1. The number of hydrogen-bond donors (Lipinski definition) is 3. The molecule has 0 spiro atoms. The quantitative estimate of drug-likeness (QED) is 0.782. The molecule has 0 saturated heterocycles. The number of allylic oxidation sites excluding steroid dienone is 1. The summed E-state index contributed by atoms with van der Waals surface area (Å²) < 4.78 is 0. The van der Waals surface area contributed by atoms with Crippen molar-refractivity contribution in [2.75, 3.05) is 0 Å². The molecule has 1 atom stereocenters. The first-order valence-electron chi connectivity index (χ1n) is 6.51. The normalized spacial score (nSPS) is 18.6. The smallest absolute Gasteiger partial charge is 0.319 e. The fourth-order valence-corrected chi connectivity index (χ4v) is 2.89. The van der Waals surface area contributed by atoms with Gasteiger partial charge in [-0.15, -0.1) is 11.3 Å². The Balaban J connectivity index is 2.01. The Kier molecular flexibility index (Phi) is 4.39. The molecule has 1 aliphatic rings. The van der Waals surface area contributed by atoms with Crippen LogP contribution in [0.25, 0.3) is 0 Å². The van der Waals surface area contributed by atoms with Crippen LogP contribution in [0.15, 0.2) is 16.7 Å². The summed E-state index contributed by atoms with van der Waals surface area (Å²) in [7, 11) is 0. The summed E-state index contributed by atoms with van der Waals surface area (Å²) in [6, 6.07) is -0.578. The molecule has 6 nitrogen and oxygen atoms in total. The van der Waals surface area contributed by atoms with Crippen molar-refractivity contribution < 1.29 is 9.59 Å². The monoisotopic (exact) mass is 294 g/mol. The minimum Gasteiger partial charge on any atom is -0.346 e. The lowest BCUT2D eigenvalue weighted by molar-refractivity contribution is -0.118. The maximum atomic E-state index is 12.2. The molecule has 1 aromatic heterocycles. The van der Waals surface area contributed by atoms with Crippen molar-refractivity contribution in [2.24, 2.45) is 0 Å². The molecule has 3 amide bonds. The van der Waals surface area contributed by atoms with E-state index in [1.165, 1.54) is 11.3 Å². The number of aromatic nitrogens is 1. The highest BCUT2D eigenvalue weighted by Crippen LogP contribution is 2.13. The number of nitrogens with zero attached hydrogens (tertiary/aromatic N) is 1. The average Bonchev–Trinajstić information content (AvgIpc) is 2.83. The summed E-state index contributed by atoms with van der Waals surface area (Å²) in [5, 5.41) is 11.0. The molecular weight excluding hydrogens is 276 g/mol. The van der Waals surface area contributed by atoms with Crippen LogP contribution in [0.1, 0.15) is 31.5 Å². The van der Waals surface area contributed by atoms with Crippen molar-refractivity contribution in [1.29, 1.82) is 0 Å². The molecule has 0 aliphatic carbocycles. The van der Waals surface area contributed by atoms with E-state index in [1.807, 2.05) is 12.3 Å². The van der Waals surface area contributed by atoms with E-state index in [2.05, 4.69) is 20.9 Å². The molecule has 7 heteroatoms. The van der Waals surface area contributed by atoms with Crippen LogP contribution in [0, 0.1) is 0 Å². The highest BCUT2D eigenvalue weighted by atomic mass is 32.1. The first-order valence-corrected chi connectivity index (χ1v) is 7.39. The van der Waals surface area contributed by atoms with Crippen molar-refractivity contribution in [3.8, 4) is 0 Å². The van der Waals surface area contributed by atoms with Crippen LogP contribution in [-0.4, -0.2) is 23.0 Å². The van der Waals surface area contributed by atoms with Crippen LogP contribution in [-0.2, 0) is 17.8 Å². The summed E-state index contributed by atoms with van der Waals surface area (Å²) >= 11 is 1.54. The number of carbonyl (C=O) groups is 2. The zero-order chi connectivity index (χ0) is 14.7. The van der Waals surface area contributed by atoms with Crippen molar-refractivity contribution in [2.45, 2.75) is 39.8 Å². The second-order valence-corrected chi connectivity index (χ2v) is 5.57. The maximum absolute atomic E-state index is 12.2. The van der Waals surface area contributed by atoms with Crippen LogP contribution in [0.3, 0.4) is 0 Å². The second kappa shape index (κ2) is 6.04. The molecule has 2 rings (SSSR count). The minimum atomic E-state index is -0.300. The summed E-state index contributed by atoms with van der Waals surface area (Å²) in [6.45, 7) is 5.96. The Labute approximate surface area is 121 Å². The first kappa shape index (κ1) is 14.5. The van der Waals surface area contributed by atoms with Crippen LogP contribution in [0.5, 0.6) is 0 Å². The Morgan fingerprint density at radius 1 is 1.55 bits per heavy atom. The van der Waals surface area contributed by atoms with Gasteiger partial charge in [-0.3, -0.25) is 4.79 Å². The average molecular weight is 294 g/mol. The van der Waals surface area contributed by atoms with Crippen molar-refractivity contribution in [1.82, 2.24) is 20.9 Å². The van der Waals surface area contributed by atoms with E-state index >= 15 is 0 Å². The van der Waals surface area contributed by atoms with Gasteiger partial charge in [0.25, 0.3) is 5.91 Å². The molecule has 0 radical (unpaired) electrons. The van der Waals surface area contributed by atoms with Crippen molar-refractivity contribution in [3.05, 3.63) is 27.4 Å². The molecule has 2 heterocycles. The van der Waals surface area contributed by atoms with Crippen molar-refractivity contribution in [3.63, 3.8) is 0 Å². The molecule has 0 aromatic carbocycles. The molecule has 108 valence electrons. The van der Waals surface area contributed by atoms with E-state index in [-0.39, 0.29) is 18.0 Å². The molecule has 0 fully saturated rings. The molecule has 3 N–H and O–H groups in total. The van der Waals surface area contributed by atoms with Gasteiger partial charge in [-0.2, -0.15) is 0 Å². The summed E-state index contributed by atoms with van der Waals surface area (Å²) in [6.07, 6.45) is 0.891. The zero-order valence-electron chi connectivity index (χ0n) is 11.7. The van der Waals surface area contributed by atoms with Crippen LogP contribution < -0.4 is 16.0 Å². The van der Waals surface area contributed by atoms with Gasteiger partial charge < -0.3 is 16.0 Å². The topological polar surface area (TPSA) is 83.1 Å². The number of rotatable bonds is 4. The second-order valence-electron chi connectivity index (χ2n) is 4.63. The van der Waals surface area contributed by atoms with E-state index < -0.39 is 0 Å². The lowest BCUT2D eigenvalue weighted by Gasteiger charge is -2.25. The third-order valence-electron chi connectivity index (χ3n) is 3.09. The minimum absolute atomic E-state index is 0.184. The van der Waals surface area contributed by atoms with E-state index in [0.717, 1.165) is 17.1 Å². The van der Waals surface area contributed by atoms with E-state index in [0.29, 0.717) is 17.8 Å². The lowest BCUT2D eigenvalue weighted by atomic mass is 10.0. The maximum Gasteiger partial charge on any atom is 0.319 e. The fraction of sp³-hybridized carbons (Fsp3) is 0.462. The van der Waals surface area contributed by atoms with Gasteiger partial charge in [0.15, 0.2) is 0 Å². The van der Waals surface area contributed by atoms with Gasteiger partial charge in [0.1, 0.15) is 5.01 Å². The van der Waals surface area contributed by atoms with Gasteiger partial charge >= 0.3 is 6.03 Å². The molecule has 1 unspecified atom stereocenters. The highest BCUT2D eigenvalue weighted by molar-refractivity contribution is 7.09. The number of nitrogens with one attached hydrogen (secondary N) is 3. The predicted octanol–water partition coefficient (Wildman–Crippen LogP) is 1.30. The third kappa shape index (κ3) is 3.16. The molecule has 0 bridgehead atoms. The lowest BCUT2D eigenvalue weighted by Crippen LogP contribution is -2.50. The molecular formula is C13H18N4O2S. The van der Waals surface area contributed by atoms with Gasteiger partial charge in [-0.1, -0.05) is 6.92 Å². The summed E-state index contributed by atoms with van der Waals surface area (Å²) in [5.41, 5.74) is 2.18. The highest BCUT2D eigenvalue weighted by Gasteiger charge is 2.26. The zero-order valence-corrected chi connectivity index (χ0v) is 12.6. The van der Waals surface area contributed by atoms with Gasteiger partial charge in [-0.05, 0) is 20.3 Å². The number of amides is 3. The number of thiazole rings is 1. The molecule has 20 heavy (non-hydrogen) atoms. The summed E-state index contributed by atoms with van der Waals surface area (Å²) in [4.78, 5) is 27.9. The van der Waals surface area contributed by atoms with Gasteiger partial charge in [0.05, 0.1) is 23.9 Å². The Bertz CT molecular complexity index is 564. The van der Waals surface area contributed by atoms with E-state index in [1.54, 1.807) is 13.8 Å². The van der Waals surface area contributed by atoms with Gasteiger partial charge in [0, 0.05) is 11.1 Å². The molecule has 1 aliphatic heterocycles. The van der Waals surface area contributed by atoms with Crippen LogP contribution >= 0.6 is 11.3 Å². The Morgan fingerprint density at radius 2 is 2.30 bits per heavy atom. The standard InChI is InChI=1S/C13H18N4O2S/c1-4-9-6-20-10(17-9)5-14-12(18)11-7(2)15-13(19)16-8(11)3/h6-7H,4-5H2,1-3H3,(H,14,18)(H2,15,16,19). The van der Waals surface area contributed by atoms with E-state index in [4.69, 9.17) is 0 Å². The Morgan fingerprint density at radius 3 is 2.90 bits per heavy atom. The predicted molar refractivity (Wildman–Crippen MR) is 77.2 cm³/mol. The van der Waals surface area contributed by atoms with Crippen LogP contribution in [0.4, 0.5) is 4.79 Å². The Hall–Kier alpha value is -1.89. The third-order valence-corrected chi connectivity index (χ3v) is 3.99. The number of hydrogen-bond acceptors (Lipinski definition) is 4. The molecule has 1 aromatic rings.